The van der Waals surface area contributed by atoms with Crippen molar-refractivity contribution >= 4 is 18.2 Å². The molecule has 9 nitrogen and oxygen atoms in total. The van der Waals surface area contributed by atoms with Crippen molar-refractivity contribution in [3.63, 3.8) is 0 Å². The number of carbonyl (C=O) groups excluding carboxylic acids is 1. The molecule has 2 aliphatic rings. The van der Waals surface area contributed by atoms with Gasteiger partial charge in [-0.3, -0.25) is 0 Å². The molecular weight excluding hydrogens is 447 g/mol. The van der Waals surface area contributed by atoms with Crippen LogP contribution in [0.25, 0.3) is 0 Å². The smallest absolute Gasteiger partial charge is 0.475 e. The van der Waals surface area contributed by atoms with E-state index in [1.54, 1.807) is 0 Å². The molecule has 2 rings (SSSR count). The number of rotatable bonds is 10. The maximum absolute atomic E-state index is 12.1. The Hall–Kier alpha value is -2.24. The number of amides is 2. The summed E-state index contributed by atoms with van der Waals surface area (Å²) in [6.45, 7) is 9.64. The molecule has 0 aromatic carbocycles. The van der Waals surface area contributed by atoms with Crippen molar-refractivity contribution in [2.24, 2.45) is 16.7 Å². The van der Waals surface area contributed by atoms with Gasteiger partial charge in [-0.25, -0.2) is 14.4 Å². The third-order valence-corrected chi connectivity index (χ3v) is 7.06. The molecule has 0 saturated heterocycles. The van der Waals surface area contributed by atoms with Crippen LogP contribution >= 0.6 is 0 Å². The Morgan fingerprint density at radius 1 is 0.970 bits per heavy atom. The highest BCUT2D eigenvalue weighted by Gasteiger charge is 2.62. The lowest BCUT2D eigenvalue weighted by Gasteiger charge is -2.38. The lowest BCUT2D eigenvalue weighted by molar-refractivity contribution is -0.192. The number of hydrogen-bond acceptors (Lipinski definition) is 5. The summed E-state index contributed by atoms with van der Waals surface area (Å²) in [5.74, 6) is -2.09. The second-order valence-corrected chi connectivity index (χ2v) is 9.28. The minimum absolute atomic E-state index is 0.0392. The van der Waals surface area contributed by atoms with Gasteiger partial charge in [0.2, 0.25) is 0 Å². The molecule has 2 saturated carbocycles. The van der Waals surface area contributed by atoms with E-state index in [2.05, 4.69) is 36.7 Å². The monoisotopic (exact) mass is 483 g/mol. The number of carboxylic acids is 1. The molecule has 0 aliphatic heterocycles. The van der Waals surface area contributed by atoms with E-state index in [4.69, 9.17) is 19.7 Å². The Labute approximate surface area is 191 Å². The summed E-state index contributed by atoms with van der Waals surface area (Å²) >= 11 is 0. The van der Waals surface area contributed by atoms with Gasteiger partial charge in [-0.15, -0.1) is 0 Å². The zero-order valence-electron chi connectivity index (χ0n) is 19.4. The molecule has 3 unspecified atom stereocenters. The maximum atomic E-state index is 12.1. The number of alkyl carbamates (subject to hydrolysis) is 1. The first-order valence-electron chi connectivity index (χ1n) is 11.1. The number of aliphatic carboxylic acids is 1. The highest BCUT2D eigenvalue weighted by atomic mass is 19.4. The standard InChI is InChI=1S/C19H35N3O4.C2HF3O2/c1-18(2)14-7-8-19(18,3)15(13-14)26-17(25)22-11-5-4-9-20-10-6-12-21-16(23)24;3-2(4,5)1(6)7/h14-15,20-21H,4-13H2,1-3H3,(H,22,25)(H,23,24);(H,6,7). The van der Waals surface area contributed by atoms with Gasteiger partial charge in [-0.05, 0) is 62.9 Å². The zero-order chi connectivity index (χ0) is 25.3. The van der Waals surface area contributed by atoms with Gasteiger partial charge in [0.25, 0.3) is 0 Å². The Morgan fingerprint density at radius 2 is 1.52 bits per heavy atom. The van der Waals surface area contributed by atoms with Crippen molar-refractivity contribution in [2.45, 2.75) is 71.6 Å². The van der Waals surface area contributed by atoms with Gasteiger partial charge in [-0.1, -0.05) is 20.8 Å². The van der Waals surface area contributed by atoms with E-state index < -0.39 is 18.2 Å². The number of fused-ring (bicyclic) bond motifs is 2. The zero-order valence-corrected chi connectivity index (χ0v) is 19.4. The molecule has 2 amide bonds. The molecule has 0 aromatic heterocycles. The van der Waals surface area contributed by atoms with Crippen molar-refractivity contribution in [3.8, 4) is 0 Å². The van der Waals surface area contributed by atoms with Crippen LogP contribution in [0.1, 0.15) is 59.3 Å². The average molecular weight is 484 g/mol. The number of ether oxygens (including phenoxy) is 1. The van der Waals surface area contributed by atoms with Crippen LogP contribution in [-0.2, 0) is 9.53 Å². The van der Waals surface area contributed by atoms with Crippen LogP contribution < -0.4 is 16.0 Å². The Morgan fingerprint density at radius 3 is 2.00 bits per heavy atom. The predicted octanol–water partition coefficient (Wildman–Crippen LogP) is 3.59. The number of carbonyl (C=O) groups is 3. The summed E-state index contributed by atoms with van der Waals surface area (Å²) in [4.78, 5) is 31.3. The van der Waals surface area contributed by atoms with Crippen molar-refractivity contribution in [3.05, 3.63) is 0 Å². The van der Waals surface area contributed by atoms with Crippen LogP contribution in [0.2, 0.25) is 0 Å². The van der Waals surface area contributed by atoms with Crippen LogP contribution in [-0.4, -0.2) is 66.8 Å². The molecule has 0 radical (unpaired) electrons. The van der Waals surface area contributed by atoms with Crippen LogP contribution in [0.4, 0.5) is 22.8 Å². The third kappa shape index (κ3) is 8.56. The molecule has 12 heteroatoms. The molecule has 0 heterocycles. The summed E-state index contributed by atoms with van der Waals surface area (Å²) in [5, 5.41) is 24.0. The summed E-state index contributed by atoms with van der Waals surface area (Å²) < 4.78 is 37.5. The number of unbranched alkanes of at least 4 members (excludes halogenated alkanes) is 1. The minimum Gasteiger partial charge on any atom is -0.475 e. The number of nitrogens with one attached hydrogen (secondary N) is 3. The summed E-state index contributed by atoms with van der Waals surface area (Å²) in [6.07, 6.45) is -0.281. The molecule has 2 fully saturated rings. The molecule has 2 aliphatic carbocycles. The Bertz CT molecular complexity index is 674. The molecule has 33 heavy (non-hydrogen) atoms. The van der Waals surface area contributed by atoms with Crippen LogP contribution in [0.5, 0.6) is 0 Å². The largest absolute Gasteiger partial charge is 0.490 e. The number of halogens is 3. The highest BCUT2D eigenvalue weighted by molar-refractivity contribution is 5.73. The molecule has 2 bridgehead atoms. The van der Waals surface area contributed by atoms with Crippen molar-refractivity contribution in [1.82, 2.24) is 16.0 Å². The average Bonchev–Trinajstić information content (AvgIpc) is 3.02. The van der Waals surface area contributed by atoms with E-state index in [0.717, 1.165) is 45.2 Å². The Balaban J connectivity index is 0.000000675. The first kappa shape index (κ1) is 28.8. The van der Waals surface area contributed by atoms with E-state index >= 15 is 0 Å². The fourth-order valence-corrected chi connectivity index (χ4v) is 4.58. The topological polar surface area (TPSA) is 137 Å². The van der Waals surface area contributed by atoms with Crippen LogP contribution in [0.3, 0.4) is 0 Å². The number of hydrogen-bond donors (Lipinski definition) is 5. The second kappa shape index (κ2) is 12.3. The lowest BCUT2D eigenvalue weighted by Crippen LogP contribution is -2.40. The highest BCUT2D eigenvalue weighted by Crippen LogP contribution is 2.66. The van der Waals surface area contributed by atoms with E-state index in [1.807, 2.05) is 0 Å². The first-order valence-corrected chi connectivity index (χ1v) is 11.1. The molecule has 0 aromatic rings. The van der Waals surface area contributed by atoms with Gasteiger partial charge in [-0.2, -0.15) is 13.2 Å². The molecular formula is C21H36F3N3O6. The van der Waals surface area contributed by atoms with Gasteiger partial charge in [0, 0.05) is 18.5 Å². The van der Waals surface area contributed by atoms with E-state index in [1.165, 1.54) is 6.42 Å². The van der Waals surface area contributed by atoms with Crippen molar-refractivity contribution in [2.75, 3.05) is 26.2 Å². The molecule has 5 N–H and O–H groups in total. The third-order valence-electron chi connectivity index (χ3n) is 7.06. The van der Waals surface area contributed by atoms with Gasteiger partial charge in [0.1, 0.15) is 6.10 Å². The normalized spacial score (nSPS) is 25.0. The predicted molar refractivity (Wildman–Crippen MR) is 114 cm³/mol. The molecule has 192 valence electrons. The molecule has 3 atom stereocenters. The quantitative estimate of drug-likeness (QED) is 0.300. The van der Waals surface area contributed by atoms with E-state index in [0.29, 0.717) is 19.0 Å². The first-order chi connectivity index (χ1) is 15.2. The fourth-order valence-electron chi connectivity index (χ4n) is 4.58. The van der Waals surface area contributed by atoms with E-state index in [9.17, 15) is 22.8 Å². The van der Waals surface area contributed by atoms with Gasteiger partial charge in [0.05, 0.1) is 0 Å². The SMILES string of the molecule is CC1(C)C2CCC1(C)C(OC(=O)NCCCCNCCCNC(=O)O)C2.O=C(O)C(F)(F)F. The summed E-state index contributed by atoms with van der Waals surface area (Å²) in [7, 11) is 0. The minimum atomic E-state index is -5.08. The van der Waals surface area contributed by atoms with Crippen molar-refractivity contribution < 1.29 is 42.5 Å². The summed E-state index contributed by atoms with van der Waals surface area (Å²) in [6, 6.07) is 0. The molecule has 0 spiro atoms. The number of carboxylic acid groups (broad SMARTS) is 2. The van der Waals surface area contributed by atoms with Crippen LogP contribution in [0, 0.1) is 16.7 Å². The van der Waals surface area contributed by atoms with Gasteiger partial charge < -0.3 is 30.9 Å². The second-order valence-electron chi connectivity index (χ2n) is 9.28. The Kier molecular flexibility index (Phi) is 10.7. The lowest BCUT2D eigenvalue weighted by atomic mass is 9.70. The van der Waals surface area contributed by atoms with Gasteiger partial charge >= 0.3 is 24.3 Å². The van der Waals surface area contributed by atoms with Crippen LogP contribution in [0.15, 0.2) is 0 Å². The van der Waals surface area contributed by atoms with Crippen molar-refractivity contribution in [1.29, 1.82) is 0 Å². The fraction of sp³-hybridized carbons (Fsp3) is 0.857. The maximum Gasteiger partial charge on any atom is 0.490 e. The van der Waals surface area contributed by atoms with Gasteiger partial charge in [0.15, 0.2) is 0 Å². The summed E-state index contributed by atoms with van der Waals surface area (Å²) in [5.41, 5.74) is 0.359. The van der Waals surface area contributed by atoms with E-state index in [-0.39, 0.29) is 23.0 Å². The number of alkyl halides is 3.